The van der Waals surface area contributed by atoms with E-state index in [0.29, 0.717) is 11.8 Å². The summed E-state index contributed by atoms with van der Waals surface area (Å²) in [6.07, 6.45) is 1.07. The van der Waals surface area contributed by atoms with E-state index in [-0.39, 0.29) is 1.43 Å². The minimum absolute atomic E-state index is 0. The first-order chi connectivity index (χ1) is 7.59. The maximum atomic E-state index is 4.75. The van der Waals surface area contributed by atoms with E-state index in [1.165, 1.54) is 17.0 Å². The van der Waals surface area contributed by atoms with Gasteiger partial charge in [-0.1, -0.05) is 27.7 Å². The van der Waals surface area contributed by atoms with E-state index in [1.54, 1.807) is 0 Å². The van der Waals surface area contributed by atoms with Crippen molar-refractivity contribution in [1.29, 1.82) is 0 Å². The third-order valence-corrected chi connectivity index (χ3v) is 3.05. The van der Waals surface area contributed by atoms with Crippen molar-refractivity contribution in [3.05, 3.63) is 22.8 Å². The molecule has 0 saturated heterocycles. The van der Waals surface area contributed by atoms with Gasteiger partial charge in [-0.25, -0.2) is 9.97 Å². The number of aromatic nitrogens is 2. The van der Waals surface area contributed by atoms with E-state index in [9.17, 15) is 0 Å². The summed E-state index contributed by atoms with van der Waals surface area (Å²) in [5.74, 6) is 1.89. The Morgan fingerprint density at radius 3 is 2.50 bits per heavy atom. The molecule has 3 nitrogen and oxygen atoms in total. The van der Waals surface area contributed by atoms with Crippen LogP contribution < -0.4 is 5.32 Å². The Morgan fingerprint density at radius 2 is 1.88 bits per heavy atom. The van der Waals surface area contributed by atoms with E-state index in [0.717, 1.165) is 25.3 Å². The lowest BCUT2D eigenvalue weighted by atomic mass is 9.97. The summed E-state index contributed by atoms with van der Waals surface area (Å²) in [6, 6.07) is 0. The molecule has 90 valence electrons. The molecule has 1 aliphatic heterocycles. The van der Waals surface area contributed by atoms with Crippen LogP contribution in [0.25, 0.3) is 0 Å². The quantitative estimate of drug-likeness (QED) is 0.834. The highest BCUT2D eigenvalue weighted by Crippen LogP contribution is 2.24. The van der Waals surface area contributed by atoms with Crippen molar-refractivity contribution in [1.82, 2.24) is 15.3 Å². The molecule has 0 saturated carbocycles. The molecule has 2 heterocycles. The summed E-state index contributed by atoms with van der Waals surface area (Å²) in [6.45, 7) is 10.7. The minimum atomic E-state index is 0. The topological polar surface area (TPSA) is 37.8 Å². The third kappa shape index (κ3) is 2.09. The van der Waals surface area contributed by atoms with Gasteiger partial charge in [0, 0.05) is 13.9 Å². The Hall–Kier alpha value is -0.960. The average molecular weight is 221 g/mol. The van der Waals surface area contributed by atoms with Crippen LogP contribution in [0, 0.1) is 0 Å². The highest BCUT2D eigenvalue weighted by molar-refractivity contribution is 5.30. The molecule has 1 aromatic rings. The van der Waals surface area contributed by atoms with Gasteiger partial charge in [-0.15, -0.1) is 0 Å². The smallest absolute Gasteiger partial charge is 0.131 e. The zero-order valence-electron chi connectivity index (χ0n) is 10.7. The number of fused-ring (bicyclic) bond motifs is 1. The standard InChI is InChI=1S/C13H21N3.H2/c1-8(2)12-10-5-6-14-7-11(10)15-13(16-12)9(3)4;/h8-9,14H,5-7H2,1-4H3;1H. The maximum absolute atomic E-state index is 4.75. The van der Waals surface area contributed by atoms with Gasteiger partial charge in [0.15, 0.2) is 0 Å². The molecule has 16 heavy (non-hydrogen) atoms. The van der Waals surface area contributed by atoms with E-state index in [1.807, 2.05) is 0 Å². The highest BCUT2D eigenvalue weighted by atomic mass is 15.0. The van der Waals surface area contributed by atoms with Crippen molar-refractivity contribution < 1.29 is 1.43 Å². The summed E-state index contributed by atoms with van der Waals surface area (Å²) >= 11 is 0. The van der Waals surface area contributed by atoms with Crippen LogP contribution >= 0.6 is 0 Å². The van der Waals surface area contributed by atoms with Crippen LogP contribution in [0.3, 0.4) is 0 Å². The Kier molecular flexibility index (Phi) is 3.24. The molecule has 0 aliphatic carbocycles. The highest BCUT2D eigenvalue weighted by Gasteiger charge is 2.19. The molecule has 0 bridgehead atoms. The molecule has 3 heteroatoms. The Balaban J connectivity index is 0.00000144. The molecule has 0 atom stereocenters. The molecular weight excluding hydrogens is 198 g/mol. The van der Waals surface area contributed by atoms with Gasteiger partial charge in [0.1, 0.15) is 5.82 Å². The van der Waals surface area contributed by atoms with Crippen LogP contribution in [-0.4, -0.2) is 16.5 Å². The molecule has 0 fully saturated rings. The molecule has 0 radical (unpaired) electrons. The first-order valence-corrected chi connectivity index (χ1v) is 6.20. The molecule has 0 unspecified atom stereocenters. The van der Waals surface area contributed by atoms with Crippen molar-refractivity contribution in [2.45, 2.75) is 52.5 Å². The van der Waals surface area contributed by atoms with Crippen LogP contribution in [0.2, 0.25) is 0 Å². The second-order valence-electron chi connectivity index (χ2n) is 5.13. The zero-order valence-corrected chi connectivity index (χ0v) is 10.7. The maximum Gasteiger partial charge on any atom is 0.131 e. The van der Waals surface area contributed by atoms with Gasteiger partial charge in [0.2, 0.25) is 0 Å². The van der Waals surface area contributed by atoms with Crippen LogP contribution in [0.15, 0.2) is 0 Å². The van der Waals surface area contributed by atoms with Crippen molar-refractivity contribution in [3.8, 4) is 0 Å². The minimum Gasteiger partial charge on any atom is -0.311 e. The van der Waals surface area contributed by atoms with Crippen molar-refractivity contribution in [2.75, 3.05) is 6.54 Å². The Bertz CT molecular complexity index is 388. The van der Waals surface area contributed by atoms with Crippen molar-refractivity contribution >= 4 is 0 Å². The van der Waals surface area contributed by atoms with Crippen LogP contribution in [0.1, 0.15) is 63.7 Å². The van der Waals surface area contributed by atoms with Gasteiger partial charge < -0.3 is 5.32 Å². The van der Waals surface area contributed by atoms with E-state index >= 15 is 0 Å². The van der Waals surface area contributed by atoms with Gasteiger partial charge in [-0.05, 0) is 24.4 Å². The van der Waals surface area contributed by atoms with Crippen molar-refractivity contribution in [3.63, 3.8) is 0 Å². The molecule has 1 aliphatic rings. The van der Waals surface area contributed by atoms with Gasteiger partial charge in [-0.2, -0.15) is 0 Å². The van der Waals surface area contributed by atoms with Crippen molar-refractivity contribution in [2.24, 2.45) is 0 Å². The van der Waals surface area contributed by atoms with E-state index in [4.69, 9.17) is 4.98 Å². The number of hydrogen-bond acceptors (Lipinski definition) is 3. The number of nitrogens with one attached hydrogen (secondary N) is 1. The fourth-order valence-electron chi connectivity index (χ4n) is 2.14. The molecule has 0 amide bonds. The largest absolute Gasteiger partial charge is 0.311 e. The molecule has 2 rings (SSSR count). The lowest BCUT2D eigenvalue weighted by molar-refractivity contribution is 0.592. The number of nitrogens with zero attached hydrogens (tertiary/aromatic N) is 2. The first kappa shape index (κ1) is 11.5. The summed E-state index contributed by atoms with van der Waals surface area (Å²) in [5.41, 5.74) is 3.86. The predicted octanol–water partition coefficient (Wildman–Crippen LogP) is 2.62. The zero-order chi connectivity index (χ0) is 11.7. The molecule has 1 aromatic heterocycles. The summed E-state index contributed by atoms with van der Waals surface area (Å²) < 4.78 is 0. The van der Waals surface area contributed by atoms with E-state index < -0.39 is 0 Å². The number of hydrogen-bond donors (Lipinski definition) is 1. The van der Waals surface area contributed by atoms with Crippen LogP contribution in [0.4, 0.5) is 0 Å². The summed E-state index contributed by atoms with van der Waals surface area (Å²) in [4.78, 5) is 9.43. The second-order valence-corrected chi connectivity index (χ2v) is 5.13. The van der Waals surface area contributed by atoms with Crippen LogP contribution in [0.5, 0.6) is 0 Å². The average Bonchev–Trinajstić information content (AvgIpc) is 2.27. The monoisotopic (exact) mass is 221 g/mol. The second kappa shape index (κ2) is 4.50. The summed E-state index contributed by atoms with van der Waals surface area (Å²) in [5, 5.41) is 3.38. The molecule has 0 spiro atoms. The van der Waals surface area contributed by atoms with Gasteiger partial charge >= 0.3 is 0 Å². The fourth-order valence-corrected chi connectivity index (χ4v) is 2.14. The predicted molar refractivity (Wildman–Crippen MR) is 67.7 cm³/mol. The summed E-state index contributed by atoms with van der Waals surface area (Å²) in [7, 11) is 0. The molecular formula is C13H23N3. The number of rotatable bonds is 2. The van der Waals surface area contributed by atoms with Gasteiger partial charge in [-0.3, -0.25) is 0 Å². The van der Waals surface area contributed by atoms with Gasteiger partial charge in [0.05, 0.1) is 11.4 Å². The first-order valence-electron chi connectivity index (χ1n) is 6.20. The fraction of sp³-hybridized carbons (Fsp3) is 0.692. The third-order valence-electron chi connectivity index (χ3n) is 3.05. The molecule has 1 N–H and O–H groups in total. The lowest BCUT2D eigenvalue weighted by Gasteiger charge is -2.22. The SMILES string of the molecule is CC(C)c1nc2c(c(C(C)C)n1)CCNC2.[HH]. The Labute approximate surface area is 99.2 Å². The van der Waals surface area contributed by atoms with E-state index in [2.05, 4.69) is 38.0 Å². The lowest BCUT2D eigenvalue weighted by Crippen LogP contribution is -2.27. The Morgan fingerprint density at radius 1 is 1.12 bits per heavy atom. The molecule has 0 aromatic carbocycles. The van der Waals surface area contributed by atoms with Gasteiger partial charge in [0.25, 0.3) is 0 Å². The van der Waals surface area contributed by atoms with Crippen LogP contribution in [-0.2, 0) is 13.0 Å². The normalized spacial score (nSPS) is 15.6.